The maximum Gasteiger partial charge on any atom is 0.131 e. The molecule has 2 aliphatic rings. The van der Waals surface area contributed by atoms with Crippen LogP contribution < -0.4 is 5.32 Å². The maximum atomic E-state index is 5.38. The zero-order chi connectivity index (χ0) is 11.7. The Balaban J connectivity index is 1.82. The first-order valence-corrected chi connectivity index (χ1v) is 6.55. The van der Waals surface area contributed by atoms with Gasteiger partial charge in [0.05, 0.1) is 18.0 Å². The monoisotopic (exact) mass is 233 g/mol. The fraction of sp³-hybridized carbons (Fsp3) is 0.692. The van der Waals surface area contributed by atoms with E-state index in [1.54, 1.807) is 0 Å². The molecule has 1 aliphatic carbocycles. The van der Waals surface area contributed by atoms with Crippen LogP contribution in [0.25, 0.3) is 0 Å². The van der Waals surface area contributed by atoms with Crippen molar-refractivity contribution in [2.75, 3.05) is 13.2 Å². The second kappa shape index (κ2) is 4.70. The predicted octanol–water partition coefficient (Wildman–Crippen LogP) is 1.54. The SMILES string of the molecule is CCOCCc1nc2c(c(C3CC3)n1)CNC2. The molecule has 1 N–H and O–H groups in total. The Morgan fingerprint density at radius 1 is 1.29 bits per heavy atom. The van der Waals surface area contributed by atoms with Crippen molar-refractivity contribution in [3.8, 4) is 0 Å². The first-order chi connectivity index (χ1) is 8.38. The average molecular weight is 233 g/mol. The van der Waals surface area contributed by atoms with E-state index < -0.39 is 0 Å². The predicted molar refractivity (Wildman–Crippen MR) is 64.7 cm³/mol. The van der Waals surface area contributed by atoms with Gasteiger partial charge in [0, 0.05) is 37.6 Å². The topological polar surface area (TPSA) is 47.0 Å². The molecule has 3 rings (SSSR count). The summed E-state index contributed by atoms with van der Waals surface area (Å²) in [5, 5.41) is 3.37. The van der Waals surface area contributed by atoms with Gasteiger partial charge in [-0.15, -0.1) is 0 Å². The summed E-state index contributed by atoms with van der Waals surface area (Å²) in [6, 6.07) is 0. The summed E-state index contributed by atoms with van der Waals surface area (Å²) in [4.78, 5) is 9.39. The van der Waals surface area contributed by atoms with Gasteiger partial charge in [-0.3, -0.25) is 0 Å². The highest BCUT2D eigenvalue weighted by Crippen LogP contribution is 2.41. The van der Waals surface area contributed by atoms with E-state index in [1.165, 1.54) is 29.8 Å². The van der Waals surface area contributed by atoms with Crippen LogP contribution in [0.3, 0.4) is 0 Å². The van der Waals surface area contributed by atoms with Gasteiger partial charge in [0.25, 0.3) is 0 Å². The summed E-state index contributed by atoms with van der Waals surface area (Å²) in [6.45, 7) is 5.37. The van der Waals surface area contributed by atoms with Gasteiger partial charge in [-0.05, 0) is 19.8 Å². The molecule has 2 heterocycles. The second-order valence-corrected chi connectivity index (χ2v) is 4.78. The molecule has 4 nitrogen and oxygen atoms in total. The third kappa shape index (κ3) is 2.33. The van der Waals surface area contributed by atoms with Crippen molar-refractivity contribution in [3.05, 3.63) is 22.8 Å². The van der Waals surface area contributed by atoms with E-state index in [0.29, 0.717) is 5.92 Å². The molecule has 0 spiro atoms. The number of nitrogens with zero attached hydrogens (tertiary/aromatic N) is 2. The van der Waals surface area contributed by atoms with Crippen LogP contribution in [0.4, 0.5) is 0 Å². The first-order valence-electron chi connectivity index (χ1n) is 6.55. The minimum absolute atomic E-state index is 0.706. The van der Waals surface area contributed by atoms with Crippen LogP contribution in [-0.2, 0) is 24.2 Å². The number of rotatable bonds is 5. The molecule has 1 aromatic heterocycles. The van der Waals surface area contributed by atoms with Gasteiger partial charge >= 0.3 is 0 Å². The number of ether oxygens (including phenoxy) is 1. The summed E-state index contributed by atoms with van der Waals surface area (Å²) >= 11 is 0. The highest BCUT2D eigenvalue weighted by Gasteiger charge is 2.31. The smallest absolute Gasteiger partial charge is 0.131 e. The summed E-state index contributed by atoms with van der Waals surface area (Å²) < 4.78 is 5.38. The molecule has 0 atom stereocenters. The van der Waals surface area contributed by atoms with Crippen molar-refractivity contribution in [2.24, 2.45) is 0 Å². The maximum absolute atomic E-state index is 5.38. The summed E-state index contributed by atoms with van der Waals surface area (Å²) in [7, 11) is 0. The Morgan fingerprint density at radius 2 is 2.18 bits per heavy atom. The van der Waals surface area contributed by atoms with E-state index in [2.05, 4.69) is 10.3 Å². The molecule has 0 unspecified atom stereocenters. The lowest BCUT2D eigenvalue weighted by molar-refractivity contribution is 0.149. The molecular formula is C13H19N3O. The van der Waals surface area contributed by atoms with Crippen LogP contribution in [-0.4, -0.2) is 23.2 Å². The molecular weight excluding hydrogens is 214 g/mol. The Morgan fingerprint density at radius 3 is 2.94 bits per heavy atom. The van der Waals surface area contributed by atoms with Crippen molar-refractivity contribution in [2.45, 2.75) is 45.2 Å². The van der Waals surface area contributed by atoms with E-state index >= 15 is 0 Å². The summed E-state index contributed by atoms with van der Waals surface area (Å²) in [5.74, 6) is 1.67. The van der Waals surface area contributed by atoms with Crippen LogP contribution in [0.1, 0.15) is 48.5 Å². The zero-order valence-electron chi connectivity index (χ0n) is 10.3. The Kier molecular flexibility index (Phi) is 3.07. The van der Waals surface area contributed by atoms with Gasteiger partial charge in [0.2, 0.25) is 0 Å². The lowest BCUT2D eigenvalue weighted by atomic mass is 10.1. The van der Waals surface area contributed by atoms with Crippen LogP contribution in [0.2, 0.25) is 0 Å². The fourth-order valence-electron chi connectivity index (χ4n) is 2.36. The third-order valence-corrected chi connectivity index (χ3v) is 3.40. The lowest BCUT2D eigenvalue weighted by Gasteiger charge is -2.08. The molecule has 0 aromatic carbocycles. The largest absolute Gasteiger partial charge is 0.381 e. The Bertz CT molecular complexity index is 415. The van der Waals surface area contributed by atoms with Crippen molar-refractivity contribution in [1.82, 2.24) is 15.3 Å². The fourth-order valence-corrected chi connectivity index (χ4v) is 2.36. The number of aromatic nitrogens is 2. The highest BCUT2D eigenvalue weighted by molar-refractivity contribution is 5.33. The van der Waals surface area contributed by atoms with Crippen molar-refractivity contribution in [1.29, 1.82) is 0 Å². The number of hydrogen-bond donors (Lipinski definition) is 1. The van der Waals surface area contributed by atoms with E-state index in [0.717, 1.165) is 38.5 Å². The second-order valence-electron chi connectivity index (χ2n) is 4.78. The number of nitrogens with one attached hydrogen (secondary N) is 1. The Labute approximate surface area is 102 Å². The van der Waals surface area contributed by atoms with Crippen LogP contribution >= 0.6 is 0 Å². The lowest BCUT2D eigenvalue weighted by Crippen LogP contribution is -2.08. The third-order valence-electron chi connectivity index (χ3n) is 3.40. The van der Waals surface area contributed by atoms with Crippen molar-refractivity contribution < 1.29 is 4.74 Å². The normalized spacial score (nSPS) is 18.4. The molecule has 4 heteroatoms. The zero-order valence-corrected chi connectivity index (χ0v) is 10.3. The minimum Gasteiger partial charge on any atom is -0.381 e. The molecule has 0 saturated heterocycles. The van der Waals surface area contributed by atoms with Crippen molar-refractivity contribution >= 4 is 0 Å². The molecule has 1 aliphatic heterocycles. The first kappa shape index (κ1) is 11.1. The summed E-state index contributed by atoms with van der Waals surface area (Å²) in [6.07, 6.45) is 3.43. The molecule has 92 valence electrons. The number of fused-ring (bicyclic) bond motifs is 1. The molecule has 1 saturated carbocycles. The number of hydrogen-bond acceptors (Lipinski definition) is 4. The van der Waals surface area contributed by atoms with Crippen LogP contribution in [0.15, 0.2) is 0 Å². The van der Waals surface area contributed by atoms with Gasteiger partial charge in [-0.2, -0.15) is 0 Å². The highest BCUT2D eigenvalue weighted by atomic mass is 16.5. The van der Waals surface area contributed by atoms with Crippen LogP contribution in [0.5, 0.6) is 0 Å². The Hall–Kier alpha value is -1.00. The average Bonchev–Trinajstić information content (AvgIpc) is 3.07. The van der Waals surface area contributed by atoms with E-state index in [1.807, 2.05) is 6.92 Å². The molecule has 17 heavy (non-hydrogen) atoms. The van der Waals surface area contributed by atoms with Crippen molar-refractivity contribution in [3.63, 3.8) is 0 Å². The van der Waals surface area contributed by atoms with E-state index in [-0.39, 0.29) is 0 Å². The minimum atomic E-state index is 0.706. The molecule has 0 amide bonds. The van der Waals surface area contributed by atoms with Gasteiger partial charge < -0.3 is 10.1 Å². The van der Waals surface area contributed by atoms with Gasteiger partial charge in [-0.1, -0.05) is 0 Å². The molecule has 1 fully saturated rings. The molecule has 1 aromatic rings. The molecule has 0 bridgehead atoms. The van der Waals surface area contributed by atoms with E-state index in [4.69, 9.17) is 9.72 Å². The van der Waals surface area contributed by atoms with Gasteiger partial charge in [0.1, 0.15) is 5.82 Å². The molecule has 0 radical (unpaired) electrons. The van der Waals surface area contributed by atoms with Gasteiger partial charge in [0.15, 0.2) is 0 Å². The summed E-state index contributed by atoms with van der Waals surface area (Å²) in [5.41, 5.74) is 3.90. The standard InChI is InChI=1S/C13H19N3O/c1-2-17-6-5-12-15-11-8-14-7-10(11)13(16-12)9-3-4-9/h9,14H,2-8H2,1H3. The van der Waals surface area contributed by atoms with Gasteiger partial charge in [-0.25, -0.2) is 9.97 Å². The van der Waals surface area contributed by atoms with Crippen LogP contribution in [0, 0.1) is 0 Å². The van der Waals surface area contributed by atoms with E-state index in [9.17, 15) is 0 Å². The quantitative estimate of drug-likeness (QED) is 0.784.